The summed E-state index contributed by atoms with van der Waals surface area (Å²) in [7, 11) is 1.48. The summed E-state index contributed by atoms with van der Waals surface area (Å²) in [4.78, 5) is 10.3. The molecular weight excluding hydrogens is 212 g/mol. The standard InChI is InChI=1S/C10H14N2O4/c1-3-16-10-5-8(12(13)14)7(6-11)4-9(10)15-2/h4-5H,3,6,11H2,1-2H3. The van der Waals surface area contributed by atoms with Gasteiger partial charge in [-0.05, 0) is 13.0 Å². The molecule has 88 valence electrons. The minimum Gasteiger partial charge on any atom is -0.493 e. The summed E-state index contributed by atoms with van der Waals surface area (Å²) in [6.07, 6.45) is 0. The average Bonchev–Trinajstić information content (AvgIpc) is 2.28. The van der Waals surface area contributed by atoms with E-state index in [2.05, 4.69) is 0 Å². The molecule has 1 aromatic carbocycles. The average molecular weight is 226 g/mol. The molecule has 0 aliphatic heterocycles. The lowest BCUT2D eigenvalue weighted by Gasteiger charge is -2.10. The first-order chi connectivity index (χ1) is 7.63. The maximum atomic E-state index is 10.8. The van der Waals surface area contributed by atoms with Crippen LogP contribution in [0.25, 0.3) is 0 Å². The van der Waals surface area contributed by atoms with Gasteiger partial charge in [0.1, 0.15) is 0 Å². The fourth-order valence-corrected chi connectivity index (χ4v) is 1.35. The van der Waals surface area contributed by atoms with Crippen molar-refractivity contribution < 1.29 is 14.4 Å². The van der Waals surface area contributed by atoms with E-state index in [0.29, 0.717) is 23.7 Å². The minimum atomic E-state index is -0.482. The molecule has 0 aromatic heterocycles. The van der Waals surface area contributed by atoms with Gasteiger partial charge in [0.25, 0.3) is 5.69 Å². The molecule has 0 unspecified atom stereocenters. The lowest BCUT2D eigenvalue weighted by molar-refractivity contribution is -0.385. The molecule has 0 heterocycles. The summed E-state index contributed by atoms with van der Waals surface area (Å²) in [5.74, 6) is 0.807. The Labute approximate surface area is 93.1 Å². The number of ether oxygens (including phenoxy) is 2. The van der Waals surface area contributed by atoms with Gasteiger partial charge >= 0.3 is 0 Å². The second kappa shape index (κ2) is 5.32. The quantitative estimate of drug-likeness (QED) is 0.606. The van der Waals surface area contributed by atoms with Crippen molar-refractivity contribution in [3.8, 4) is 11.5 Å². The summed E-state index contributed by atoms with van der Waals surface area (Å²) >= 11 is 0. The van der Waals surface area contributed by atoms with E-state index in [1.165, 1.54) is 19.2 Å². The number of nitrogens with zero attached hydrogens (tertiary/aromatic N) is 1. The number of methoxy groups -OCH3 is 1. The Bertz CT molecular complexity index is 393. The van der Waals surface area contributed by atoms with Gasteiger partial charge in [0.2, 0.25) is 0 Å². The van der Waals surface area contributed by atoms with Crippen LogP contribution in [-0.4, -0.2) is 18.6 Å². The van der Waals surface area contributed by atoms with Crippen LogP contribution >= 0.6 is 0 Å². The lowest BCUT2D eigenvalue weighted by Crippen LogP contribution is -2.04. The molecule has 0 amide bonds. The van der Waals surface area contributed by atoms with Crippen molar-refractivity contribution >= 4 is 5.69 Å². The molecule has 0 atom stereocenters. The maximum absolute atomic E-state index is 10.8. The van der Waals surface area contributed by atoms with Crippen LogP contribution in [-0.2, 0) is 6.54 Å². The highest BCUT2D eigenvalue weighted by Gasteiger charge is 2.18. The van der Waals surface area contributed by atoms with Crippen molar-refractivity contribution in [3.63, 3.8) is 0 Å². The monoisotopic (exact) mass is 226 g/mol. The molecule has 0 radical (unpaired) electrons. The van der Waals surface area contributed by atoms with Crippen LogP contribution in [0.5, 0.6) is 11.5 Å². The van der Waals surface area contributed by atoms with Crippen LogP contribution in [0.1, 0.15) is 12.5 Å². The van der Waals surface area contributed by atoms with Crippen LogP contribution < -0.4 is 15.2 Å². The Kier molecular flexibility index (Phi) is 4.07. The summed E-state index contributed by atoms with van der Waals surface area (Å²) in [6.45, 7) is 2.29. The predicted molar refractivity (Wildman–Crippen MR) is 58.7 cm³/mol. The maximum Gasteiger partial charge on any atom is 0.277 e. The van der Waals surface area contributed by atoms with Gasteiger partial charge in [-0.15, -0.1) is 0 Å². The highest BCUT2D eigenvalue weighted by Crippen LogP contribution is 2.34. The smallest absolute Gasteiger partial charge is 0.277 e. The van der Waals surface area contributed by atoms with E-state index < -0.39 is 4.92 Å². The summed E-state index contributed by atoms with van der Waals surface area (Å²) in [5, 5.41) is 10.8. The molecule has 0 fully saturated rings. The Morgan fingerprint density at radius 2 is 2.12 bits per heavy atom. The van der Waals surface area contributed by atoms with Gasteiger partial charge in [-0.1, -0.05) is 0 Å². The van der Waals surface area contributed by atoms with Gasteiger partial charge in [0.15, 0.2) is 11.5 Å². The Morgan fingerprint density at radius 3 is 2.56 bits per heavy atom. The van der Waals surface area contributed by atoms with Crippen LogP contribution in [0.4, 0.5) is 5.69 Å². The van der Waals surface area contributed by atoms with Crippen molar-refractivity contribution in [1.82, 2.24) is 0 Å². The Balaban J connectivity index is 3.28. The molecule has 0 bridgehead atoms. The van der Waals surface area contributed by atoms with E-state index in [0.717, 1.165) is 0 Å². The normalized spacial score (nSPS) is 9.94. The topological polar surface area (TPSA) is 87.6 Å². The van der Waals surface area contributed by atoms with E-state index in [9.17, 15) is 10.1 Å². The minimum absolute atomic E-state index is 0.0493. The number of benzene rings is 1. The van der Waals surface area contributed by atoms with Crippen molar-refractivity contribution in [2.24, 2.45) is 5.73 Å². The third kappa shape index (κ3) is 2.40. The van der Waals surface area contributed by atoms with Gasteiger partial charge < -0.3 is 15.2 Å². The van der Waals surface area contributed by atoms with Crippen molar-refractivity contribution in [3.05, 3.63) is 27.8 Å². The zero-order valence-corrected chi connectivity index (χ0v) is 9.23. The van der Waals surface area contributed by atoms with Crippen LogP contribution in [0, 0.1) is 10.1 Å². The number of rotatable bonds is 5. The molecule has 2 N–H and O–H groups in total. The Hall–Kier alpha value is -1.82. The van der Waals surface area contributed by atoms with Crippen molar-refractivity contribution in [2.45, 2.75) is 13.5 Å². The third-order valence-electron chi connectivity index (χ3n) is 2.08. The van der Waals surface area contributed by atoms with Crippen LogP contribution in [0.15, 0.2) is 12.1 Å². The summed E-state index contributed by atoms with van der Waals surface area (Å²) < 4.78 is 10.3. The second-order valence-corrected chi connectivity index (χ2v) is 3.03. The SMILES string of the molecule is CCOc1cc([N+](=O)[O-])c(CN)cc1OC. The largest absolute Gasteiger partial charge is 0.493 e. The first-order valence-corrected chi connectivity index (χ1v) is 4.82. The first kappa shape index (κ1) is 12.3. The zero-order chi connectivity index (χ0) is 12.1. The Morgan fingerprint density at radius 1 is 1.44 bits per heavy atom. The molecule has 1 rings (SSSR count). The highest BCUT2D eigenvalue weighted by molar-refractivity contribution is 5.54. The van der Waals surface area contributed by atoms with Gasteiger partial charge in [-0.25, -0.2) is 0 Å². The molecule has 0 aliphatic carbocycles. The number of hydrogen-bond donors (Lipinski definition) is 1. The predicted octanol–water partition coefficient (Wildman–Crippen LogP) is 1.46. The van der Waals surface area contributed by atoms with Crippen molar-refractivity contribution in [2.75, 3.05) is 13.7 Å². The molecule has 0 spiro atoms. The summed E-state index contributed by atoms with van der Waals surface area (Å²) in [6, 6.07) is 2.87. The van der Waals surface area contributed by atoms with Gasteiger partial charge in [-0.2, -0.15) is 0 Å². The second-order valence-electron chi connectivity index (χ2n) is 3.03. The molecule has 6 nitrogen and oxygen atoms in total. The molecule has 1 aromatic rings. The zero-order valence-electron chi connectivity index (χ0n) is 9.23. The number of nitro groups is 1. The molecule has 0 saturated carbocycles. The number of nitrogens with two attached hydrogens (primary N) is 1. The molecule has 0 saturated heterocycles. The number of nitro benzene ring substituents is 1. The van der Waals surface area contributed by atoms with E-state index in [-0.39, 0.29) is 12.2 Å². The fourth-order valence-electron chi connectivity index (χ4n) is 1.35. The molecule has 16 heavy (non-hydrogen) atoms. The summed E-state index contributed by atoms with van der Waals surface area (Å²) in [5.41, 5.74) is 5.81. The molecule has 0 aliphatic rings. The van der Waals surface area contributed by atoms with Crippen molar-refractivity contribution in [1.29, 1.82) is 0 Å². The van der Waals surface area contributed by atoms with Gasteiger partial charge in [0.05, 0.1) is 24.7 Å². The van der Waals surface area contributed by atoms with Crippen LogP contribution in [0.2, 0.25) is 0 Å². The first-order valence-electron chi connectivity index (χ1n) is 4.82. The van der Waals surface area contributed by atoms with Crippen LogP contribution in [0.3, 0.4) is 0 Å². The fraction of sp³-hybridized carbons (Fsp3) is 0.400. The van der Waals surface area contributed by atoms with Gasteiger partial charge in [0, 0.05) is 12.1 Å². The number of hydrogen-bond acceptors (Lipinski definition) is 5. The van der Waals surface area contributed by atoms with E-state index >= 15 is 0 Å². The third-order valence-corrected chi connectivity index (χ3v) is 2.08. The van der Waals surface area contributed by atoms with E-state index in [1.54, 1.807) is 6.92 Å². The van der Waals surface area contributed by atoms with Gasteiger partial charge in [-0.3, -0.25) is 10.1 Å². The lowest BCUT2D eigenvalue weighted by atomic mass is 10.1. The molecule has 6 heteroatoms. The van der Waals surface area contributed by atoms with E-state index in [4.69, 9.17) is 15.2 Å². The molecular formula is C10H14N2O4. The highest BCUT2D eigenvalue weighted by atomic mass is 16.6. The van der Waals surface area contributed by atoms with E-state index in [1.807, 2.05) is 0 Å².